The maximum absolute atomic E-state index is 12.9. The van der Waals surface area contributed by atoms with Crippen LogP contribution in [-0.2, 0) is 11.3 Å². The number of nitrogens with zero attached hydrogens (tertiary/aromatic N) is 4. The van der Waals surface area contributed by atoms with Crippen molar-refractivity contribution in [2.24, 2.45) is 0 Å². The van der Waals surface area contributed by atoms with Crippen molar-refractivity contribution in [3.8, 4) is 0 Å². The van der Waals surface area contributed by atoms with Gasteiger partial charge in [0.1, 0.15) is 6.04 Å². The molecule has 0 bridgehead atoms. The summed E-state index contributed by atoms with van der Waals surface area (Å²) >= 11 is 1.76. The van der Waals surface area contributed by atoms with E-state index < -0.39 is 6.04 Å². The minimum atomic E-state index is -0.525. The quantitative estimate of drug-likeness (QED) is 0.311. The molecule has 2 aromatic heterocycles. The summed E-state index contributed by atoms with van der Waals surface area (Å²) in [6.07, 6.45) is 4.18. The molecule has 1 atom stereocenters. The van der Waals surface area contributed by atoms with Gasteiger partial charge in [0.15, 0.2) is 5.82 Å². The lowest BCUT2D eigenvalue weighted by molar-refractivity contribution is -0.116. The van der Waals surface area contributed by atoms with Gasteiger partial charge in [-0.15, -0.1) is 5.10 Å². The summed E-state index contributed by atoms with van der Waals surface area (Å²) < 4.78 is 1.73. The molecule has 2 heterocycles. The monoisotopic (exact) mass is 427 g/mol. The highest BCUT2D eigenvalue weighted by Gasteiger charge is 2.24. The third-order valence-corrected chi connectivity index (χ3v) is 5.28. The van der Waals surface area contributed by atoms with E-state index in [1.165, 1.54) is 6.08 Å². The molecule has 158 valence electrons. The number of aryl methyl sites for hydroxylation is 1. The van der Waals surface area contributed by atoms with Crippen LogP contribution in [0.1, 0.15) is 23.9 Å². The number of amides is 1. The van der Waals surface area contributed by atoms with Gasteiger partial charge in [-0.05, 0) is 52.5 Å². The lowest BCUT2D eigenvalue weighted by atomic mass is 10.0. The molecule has 30 heavy (non-hydrogen) atoms. The summed E-state index contributed by atoms with van der Waals surface area (Å²) in [5.74, 6) is 1.30. The van der Waals surface area contributed by atoms with E-state index in [1.54, 1.807) is 16.4 Å². The van der Waals surface area contributed by atoms with Crippen LogP contribution in [0, 0.1) is 0 Å². The van der Waals surface area contributed by atoms with Crippen molar-refractivity contribution in [2.45, 2.75) is 19.0 Å². The Kier molecular flexibility index (Phi) is 7.75. The van der Waals surface area contributed by atoms with Crippen molar-refractivity contribution < 1.29 is 4.79 Å². The zero-order valence-corrected chi connectivity index (χ0v) is 17.6. The molecule has 3 rings (SSSR count). The molecule has 1 unspecified atom stereocenters. The van der Waals surface area contributed by atoms with Crippen LogP contribution in [0.15, 0.2) is 47.8 Å². The van der Waals surface area contributed by atoms with E-state index in [2.05, 4.69) is 44.0 Å². The van der Waals surface area contributed by atoms with E-state index in [9.17, 15) is 9.59 Å². The molecule has 1 aromatic carbocycles. The third-order valence-electron chi connectivity index (χ3n) is 4.59. The molecule has 0 fully saturated rings. The lowest BCUT2D eigenvalue weighted by Crippen LogP contribution is -2.36. The van der Waals surface area contributed by atoms with Crippen LogP contribution >= 0.6 is 11.8 Å². The van der Waals surface area contributed by atoms with Crippen molar-refractivity contribution in [1.29, 1.82) is 0 Å². The molecule has 3 aromatic rings. The number of hydrogen-bond acceptors (Lipinski definition) is 7. The van der Waals surface area contributed by atoms with Gasteiger partial charge < -0.3 is 15.6 Å². The molecule has 1 amide bonds. The first kappa shape index (κ1) is 21.7. The summed E-state index contributed by atoms with van der Waals surface area (Å²) in [5, 5.41) is 19.1. The van der Waals surface area contributed by atoms with Crippen molar-refractivity contribution in [3.05, 3.63) is 64.7 Å². The number of H-pyrrole nitrogens is 1. The predicted molar refractivity (Wildman–Crippen MR) is 118 cm³/mol. The molecule has 9 nitrogen and oxygen atoms in total. The SMILES string of the molecule is C=CC(=O)NCCNC(c1cc2ccccc2[nH]c1=O)c1nnnn1CCCSC. The second-order valence-corrected chi connectivity index (χ2v) is 7.62. The Labute approximate surface area is 178 Å². The molecule has 10 heteroatoms. The van der Waals surface area contributed by atoms with Gasteiger partial charge in [-0.25, -0.2) is 4.68 Å². The Morgan fingerprint density at radius 1 is 1.37 bits per heavy atom. The fourth-order valence-electron chi connectivity index (χ4n) is 3.13. The van der Waals surface area contributed by atoms with E-state index in [1.807, 2.05) is 30.3 Å². The molecule has 0 saturated heterocycles. The van der Waals surface area contributed by atoms with Gasteiger partial charge in [-0.2, -0.15) is 11.8 Å². The van der Waals surface area contributed by atoms with Gasteiger partial charge in [-0.1, -0.05) is 24.8 Å². The summed E-state index contributed by atoms with van der Waals surface area (Å²) in [7, 11) is 0. The lowest BCUT2D eigenvalue weighted by Gasteiger charge is -2.18. The molecule has 0 radical (unpaired) electrons. The fourth-order valence-corrected chi connectivity index (χ4v) is 3.55. The average molecular weight is 428 g/mol. The number of hydrogen-bond donors (Lipinski definition) is 3. The number of thioether (sulfide) groups is 1. The first-order valence-electron chi connectivity index (χ1n) is 9.64. The number of aromatic amines is 1. The standard InChI is InChI=1S/C20H25N7O2S/c1-3-17(28)21-9-10-22-18(19-24-25-26-27(19)11-6-12-30-2)15-13-14-7-4-5-8-16(14)23-20(15)29/h3-5,7-8,13,18,22H,1,6,9-12H2,2H3,(H,21,28)(H,23,29). The second-order valence-electron chi connectivity index (χ2n) is 6.63. The smallest absolute Gasteiger partial charge is 0.253 e. The zero-order valence-electron chi connectivity index (χ0n) is 16.8. The highest BCUT2D eigenvalue weighted by molar-refractivity contribution is 7.98. The van der Waals surface area contributed by atoms with Gasteiger partial charge in [0, 0.05) is 30.7 Å². The van der Waals surface area contributed by atoms with Crippen LogP contribution in [-0.4, -0.2) is 56.2 Å². The van der Waals surface area contributed by atoms with Crippen LogP contribution < -0.4 is 16.2 Å². The Morgan fingerprint density at radius 3 is 3.00 bits per heavy atom. The maximum atomic E-state index is 12.9. The Balaban J connectivity index is 1.91. The van der Waals surface area contributed by atoms with Gasteiger partial charge in [-0.3, -0.25) is 9.59 Å². The summed E-state index contributed by atoms with van der Waals surface area (Å²) in [4.78, 5) is 27.2. The number of pyridine rings is 1. The third kappa shape index (κ3) is 5.33. The second kappa shape index (κ2) is 10.7. The summed E-state index contributed by atoms with van der Waals surface area (Å²) in [6.45, 7) is 4.89. The highest BCUT2D eigenvalue weighted by Crippen LogP contribution is 2.20. The Morgan fingerprint density at radius 2 is 2.20 bits per heavy atom. The topological polar surface area (TPSA) is 118 Å². The van der Waals surface area contributed by atoms with E-state index >= 15 is 0 Å². The van der Waals surface area contributed by atoms with Crippen molar-refractivity contribution >= 4 is 28.6 Å². The molecule has 0 spiro atoms. The number of nitrogens with one attached hydrogen (secondary N) is 3. The van der Waals surface area contributed by atoms with Gasteiger partial charge >= 0.3 is 0 Å². The minimum absolute atomic E-state index is 0.208. The number of rotatable bonds is 11. The molecule has 0 aliphatic rings. The number of para-hydroxylation sites is 1. The number of aromatic nitrogens is 5. The number of carbonyl (C=O) groups is 1. The van der Waals surface area contributed by atoms with Crippen LogP contribution in [0.4, 0.5) is 0 Å². The molecule has 0 aliphatic carbocycles. The van der Waals surface area contributed by atoms with E-state index in [0.717, 1.165) is 23.1 Å². The van der Waals surface area contributed by atoms with Gasteiger partial charge in [0.25, 0.3) is 5.56 Å². The molecular weight excluding hydrogens is 402 g/mol. The van der Waals surface area contributed by atoms with Crippen LogP contribution in [0.3, 0.4) is 0 Å². The van der Waals surface area contributed by atoms with Crippen molar-refractivity contribution in [1.82, 2.24) is 35.8 Å². The largest absolute Gasteiger partial charge is 0.351 e. The first-order valence-corrected chi connectivity index (χ1v) is 11.0. The number of benzene rings is 1. The zero-order chi connectivity index (χ0) is 21.3. The first-order chi connectivity index (χ1) is 14.6. The minimum Gasteiger partial charge on any atom is -0.351 e. The molecular formula is C20H25N7O2S. The Hall–Kier alpha value is -2.98. The maximum Gasteiger partial charge on any atom is 0.253 e. The summed E-state index contributed by atoms with van der Waals surface area (Å²) in [6, 6.07) is 8.93. The van der Waals surface area contributed by atoms with Crippen LogP contribution in [0.5, 0.6) is 0 Å². The van der Waals surface area contributed by atoms with Gasteiger partial charge in [0.2, 0.25) is 5.91 Å². The Bertz CT molecular complexity index is 1060. The number of carbonyl (C=O) groups excluding carboxylic acids is 1. The highest BCUT2D eigenvalue weighted by atomic mass is 32.2. The van der Waals surface area contributed by atoms with E-state index in [4.69, 9.17) is 0 Å². The van der Waals surface area contributed by atoms with Crippen LogP contribution in [0.2, 0.25) is 0 Å². The molecule has 0 saturated carbocycles. The summed E-state index contributed by atoms with van der Waals surface area (Å²) in [5.41, 5.74) is 1.08. The van der Waals surface area contributed by atoms with E-state index in [-0.39, 0.29) is 11.5 Å². The molecule has 0 aliphatic heterocycles. The normalized spacial score (nSPS) is 12.0. The van der Waals surface area contributed by atoms with Gasteiger partial charge in [0.05, 0.1) is 0 Å². The van der Waals surface area contributed by atoms with Crippen LogP contribution in [0.25, 0.3) is 10.9 Å². The number of tetrazole rings is 1. The number of fused-ring (bicyclic) bond motifs is 1. The predicted octanol–water partition coefficient (Wildman–Crippen LogP) is 1.25. The van der Waals surface area contributed by atoms with E-state index in [0.29, 0.717) is 31.0 Å². The average Bonchev–Trinajstić information content (AvgIpc) is 3.22. The molecule has 3 N–H and O–H groups in total. The van der Waals surface area contributed by atoms with Crippen molar-refractivity contribution in [2.75, 3.05) is 25.1 Å². The fraction of sp³-hybridized carbons (Fsp3) is 0.350. The van der Waals surface area contributed by atoms with Crippen molar-refractivity contribution in [3.63, 3.8) is 0 Å².